The number of carbonyl (C=O) groups is 2. The molecule has 1 fully saturated rings. The van der Waals surface area contributed by atoms with Gasteiger partial charge in [-0.15, -0.1) is 0 Å². The number of carbonyl (C=O) groups excluding carboxylic acids is 2. The summed E-state index contributed by atoms with van der Waals surface area (Å²) >= 11 is 0. The van der Waals surface area contributed by atoms with Crippen molar-refractivity contribution in [2.45, 2.75) is 57.2 Å². The number of anilines is 1. The molecule has 0 aromatic heterocycles. The molecule has 3 amide bonds. The van der Waals surface area contributed by atoms with Crippen LogP contribution in [0.15, 0.2) is 24.3 Å². The van der Waals surface area contributed by atoms with Crippen LogP contribution >= 0.6 is 0 Å². The van der Waals surface area contributed by atoms with E-state index in [0.29, 0.717) is 13.0 Å². The molecule has 3 N–H and O–H groups in total. The van der Waals surface area contributed by atoms with Crippen LogP contribution in [0.3, 0.4) is 0 Å². The van der Waals surface area contributed by atoms with Crippen molar-refractivity contribution in [1.82, 2.24) is 10.6 Å². The molecule has 1 aromatic carbocycles. The Bertz CT molecular complexity index is 614. The Morgan fingerprint density at radius 3 is 2.54 bits per heavy atom. The van der Waals surface area contributed by atoms with Crippen molar-refractivity contribution in [2.24, 2.45) is 0 Å². The fourth-order valence-corrected chi connectivity index (χ4v) is 2.93. The molecule has 8 heteroatoms. The van der Waals surface area contributed by atoms with Gasteiger partial charge in [0.2, 0.25) is 5.91 Å². The Kier molecular flexibility index (Phi) is 7.29. The van der Waals surface area contributed by atoms with Gasteiger partial charge in [0, 0.05) is 24.7 Å². The summed E-state index contributed by atoms with van der Waals surface area (Å²) in [7, 11) is 0. The molecule has 0 bridgehead atoms. The first kappa shape index (κ1) is 20.1. The van der Waals surface area contributed by atoms with Gasteiger partial charge in [-0.25, -0.2) is 4.79 Å². The van der Waals surface area contributed by atoms with E-state index in [0.717, 1.165) is 37.8 Å². The van der Waals surface area contributed by atoms with Gasteiger partial charge in [0.25, 0.3) is 0 Å². The third-order valence-electron chi connectivity index (χ3n) is 4.28. The number of halogens is 3. The predicted octanol–water partition coefficient (Wildman–Crippen LogP) is 4.06. The van der Waals surface area contributed by atoms with E-state index in [9.17, 15) is 22.8 Å². The molecule has 0 unspecified atom stereocenters. The number of hydrogen-bond donors (Lipinski definition) is 3. The summed E-state index contributed by atoms with van der Waals surface area (Å²) in [5.74, 6) is -0.390. The predicted molar refractivity (Wildman–Crippen MR) is 92.7 cm³/mol. The summed E-state index contributed by atoms with van der Waals surface area (Å²) in [5.41, 5.74) is -0.704. The molecule has 0 saturated heterocycles. The van der Waals surface area contributed by atoms with Crippen LogP contribution in [0.4, 0.5) is 23.7 Å². The lowest BCUT2D eigenvalue weighted by Gasteiger charge is -2.22. The maximum atomic E-state index is 12.6. The van der Waals surface area contributed by atoms with Crippen LogP contribution < -0.4 is 16.0 Å². The lowest BCUT2D eigenvalue weighted by molar-refractivity contribution is -0.137. The van der Waals surface area contributed by atoms with Crippen molar-refractivity contribution in [3.8, 4) is 0 Å². The highest BCUT2D eigenvalue weighted by atomic mass is 19.4. The third kappa shape index (κ3) is 6.93. The second kappa shape index (κ2) is 9.45. The van der Waals surface area contributed by atoms with Crippen LogP contribution in [0.25, 0.3) is 0 Å². The van der Waals surface area contributed by atoms with E-state index < -0.39 is 11.7 Å². The minimum Gasteiger partial charge on any atom is -0.338 e. The highest BCUT2D eigenvalue weighted by Gasteiger charge is 2.30. The molecule has 1 saturated carbocycles. The fourth-order valence-electron chi connectivity index (χ4n) is 2.93. The normalized spacial score (nSPS) is 15.3. The zero-order chi connectivity index (χ0) is 19.0. The summed E-state index contributed by atoms with van der Waals surface area (Å²) < 4.78 is 37.9. The molecule has 0 radical (unpaired) electrons. The smallest absolute Gasteiger partial charge is 0.338 e. The first-order chi connectivity index (χ1) is 12.3. The number of hydrogen-bond acceptors (Lipinski definition) is 2. The molecule has 0 spiro atoms. The maximum absolute atomic E-state index is 12.6. The van der Waals surface area contributed by atoms with Gasteiger partial charge >= 0.3 is 12.2 Å². The van der Waals surface area contributed by atoms with Gasteiger partial charge in [-0.2, -0.15) is 13.2 Å². The average molecular weight is 371 g/mol. The van der Waals surface area contributed by atoms with E-state index in [1.54, 1.807) is 0 Å². The number of alkyl halides is 3. The second-order valence-electron chi connectivity index (χ2n) is 6.47. The van der Waals surface area contributed by atoms with E-state index in [1.165, 1.54) is 18.6 Å². The van der Waals surface area contributed by atoms with Crippen LogP contribution in [0, 0.1) is 0 Å². The second-order valence-corrected chi connectivity index (χ2v) is 6.47. The van der Waals surface area contributed by atoms with Crippen LogP contribution in [0.5, 0.6) is 0 Å². The highest BCUT2D eigenvalue weighted by molar-refractivity contribution is 5.90. The standard InChI is InChI=1S/C18H24F3N3O2/c19-18(20,21)13-6-4-9-15(12-13)23-16(25)10-5-11-22-17(26)24-14-7-2-1-3-8-14/h4,6,9,12,14H,1-3,5,7-8,10-11H2,(H,23,25)(H2,22,24,26). The molecule has 1 aromatic rings. The SMILES string of the molecule is O=C(CCCNC(=O)NC1CCCCC1)Nc1cccc(C(F)(F)F)c1. The maximum Gasteiger partial charge on any atom is 0.416 e. The van der Waals surface area contributed by atoms with Crippen molar-refractivity contribution in [2.75, 3.05) is 11.9 Å². The van der Waals surface area contributed by atoms with Gasteiger partial charge in [-0.05, 0) is 37.5 Å². The number of benzene rings is 1. The highest BCUT2D eigenvalue weighted by Crippen LogP contribution is 2.30. The Balaban J connectivity index is 1.65. The molecule has 0 heterocycles. The molecule has 2 rings (SSSR count). The summed E-state index contributed by atoms with van der Waals surface area (Å²) in [4.78, 5) is 23.6. The first-order valence-electron chi connectivity index (χ1n) is 8.86. The molecular formula is C18H24F3N3O2. The molecule has 1 aliphatic carbocycles. The van der Waals surface area contributed by atoms with Gasteiger partial charge in [-0.3, -0.25) is 4.79 Å². The Morgan fingerprint density at radius 2 is 1.85 bits per heavy atom. The lowest BCUT2D eigenvalue weighted by Crippen LogP contribution is -2.43. The minimum atomic E-state index is -4.45. The van der Waals surface area contributed by atoms with E-state index in [-0.39, 0.29) is 30.1 Å². The summed E-state index contributed by atoms with van der Waals surface area (Å²) in [6.45, 7) is 0.328. The quantitative estimate of drug-likeness (QED) is 0.660. The Labute approximate surface area is 150 Å². The monoisotopic (exact) mass is 371 g/mol. The number of urea groups is 1. The zero-order valence-electron chi connectivity index (χ0n) is 14.5. The van der Waals surface area contributed by atoms with Gasteiger partial charge in [0.05, 0.1) is 5.56 Å². The molecule has 1 aliphatic rings. The van der Waals surface area contributed by atoms with Crippen molar-refractivity contribution in [3.05, 3.63) is 29.8 Å². The Hall–Kier alpha value is -2.25. The number of amides is 3. The van der Waals surface area contributed by atoms with Gasteiger partial charge in [-0.1, -0.05) is 25.3 Å². The molecule has 0 atom stereocenters. The van der Waals surface area contributed by atoms with E-state index in [1.807, 2.05) is 0 Å². The van der Waals surface area contributed by atoms with Crippen molar-refractivity contribution >= 4 is 17.6 Å². The van der Waals surface area contributed by atoms with Crippen LogP contribution in [0.2, 0.25) is 0 Å². The topological polar surface area (TPSA) is 70.2 Å². The van der Waals surface area contributed by atoms with Crippen LogP contribution in [0.1, 0.15) is 50.5 Å². The zero-order valence-corrected chi connectivity index (χ0v) is 14.5. The van der Waals surface area contributed by atoms with Gasteiger partial charge in [0.15, 0.2) is 0 Å². The third-order valence-corrected chi connectivity index (χ3v) is 4.28. The van der Waals surface area contributed by atoms with E-state index in [4.69, 9.17) is 0 Å². The minimum absolute atomic E-state index is 0.104. The van der Waals surface area contributed by atoms with E-state index in [2.05, 4.69) is 16.0 Å². The average Bonchev–Trinajstić information content (AvgIpc) is 2.59. The molecular weight excluding hydrogens is 347 g/mol. The summed E-state index contributed by atoms with van der Waals surface area (Å²) in [5, 5.41) is 8.05. The first-order valence-corrected chi connectivity index (χ1v) is 8.86. The largest absolute Gasteiger partial charge is 0.416 e. The Morgan fingerprint density at radius 1 is 1.12 bits per heavy atom. The summed E-state index contributed by atoms with van der Waals surface area (Å²) in [6.07, 6.45) is 1.51. The van der Waals surface area contributed by atoms with Gasteiger partial charge < -0.3 is 16.0 Å². The number of nitrogens with one attached hydrogen (secondary N) is 3. The van der Waals surface area contributed by atoms with Gasteiger partial charge in [0.1, 0.15) is 0 Å². The molecule has 0 aliphatic heterocycles. The lowest BCUT2D eigenvalue weighted by atomic mass is 9.96. The number of rotatable bonds is 6. The summed E-state index contributed by atoms with van der Waals surface area (Å²) in [6, 6.07) is 4.47. The molecule has 26 heavy (non-hydrogen) atoms. The van der Waals surface area contributed by atoms with Crippen molar-refractivity contribution in [1.29, 1.82) is 0 Å². The van der Waals surface area contributed by atoms with Crippen molar-refractivity contribution < 1.29 is 22.8 Å². The van der Waals surface area contributed by atoms with Crippen LogP contribution in [-0.2, 0) is 11.0 Å². The molecule has 144 valence electrons. The van der Waals surface area contributed by atoms with Crippen molar-refractivity contribution in [3.63, 3.8) is 0 Å². The fraction of sp³-hybridized carbons (Fsp3) is 0.556. The van der Waals surface area contributed by atoms with E-state index >= 15 is 0 Å². The van der Waals surface area contributed by atoms with Crippen LogP contribution in [-0.4, -0.2) is 24.5 Å². The molecule has 5 nitrogen and oxygen atoms in total.